The molecule has 23 heavy (non-hydrogen) atoms. The highest BCUT2D eigenvalue weighted by atomic mass is 16.1. The fourth-order valence-electron chi connectivity index (χ4n) is 2.71. The van der Waals surface area contributed by atoms with Crippen molar-refractivity contribution in [2.45, 2.75) is 12.8 Å². The molecule has 1 saturated heterocycles. The number of nitrogens with zero attached hydrogens (tertiary/aromatic N) is 3. The average Bonchev–Trinajstić information content (AvgIpc) is 3.10. The Morgan fingerprint density at radius 2 is 1.78 bits per heavy atom. The summed E-state index contributed by atoms with van der Waals surface area (Å²) in [6.07, 6.45) is 4.17. The summed E-state index contributed by atoms with van der Waals surface area (Å²) in [7, 11) is 3.95. The number of hydrogen-bond donors (Lipinski definition) is 1. The first kappa shape index (κ1) is 15.3. The predicted molar refractivity (Wildman–Crippen MR) is 94.4 cm³/mol. The van der Waals surface area contributed by atoms with Crippen LogP contribution in [0.3, 0.4) is 0 Å². The molecule has 5 nitrogen and oxygen atoms in total. The van der Waals surface area contributed by atoms with Crippen molar-refractivity contribution in [3.05, 3.63) is 48.2 Å². The van der Waals surface area contributed by atoms with Crippen molar-refractivity contribution in [2.75, 3.05) is 42.3 Å². The standard InChI is InChI=1S/C18H22N4O/c1-21(2)16-8-5-14(6-9-16)18(23)20-15-7-10-17(19-13-15)22-11-3-4-12-22/h5-10,13H,3-4,11-12H2,1-2H3,(H,20,23). The SMILES string of the molecule is CN(C)c1ccc(C(=O)Nc2ccc(N3CCCC3)nc2)cc1. The molecule has 3 rings (SSSR count). The molecule has 2 aromatic rings. The third-order valence-corrected chi connectivity index (χ3v) is 4.08. The Morgan fingerprint density at radius 3 is 2.35 bits per heavy atom. The maximum absolute atomic E-state index is 12.3. The third kappa shape index (κ3) is 3.62. The molecule has 1 aromatic heterocycles. The number of anilines is 3. The van der Waals surface area contributed by atoms with E-state index in [2.05, 4.69) is 15.2 Å². The summed E-state index contributed by atoms with van der Waals surface area (Å²) < 4.78 is 0. The van der Waals surface area contributed by atoms with Crippen LogP contribution in [0.15, 0.2) is 42.6 Å². The lowest BCUT2D eigenvalue weighted by Gasteiger charge is -2.16. The normalized spacial score (nSPS) is 13.9. The number of carbonyl (C=O) groups is 1. The molecule has 0 bridgehead atoms. The van der Waals surface area contributed by atoms with Gasteiger partial charge >= 0.3 is 0 Å². The molecule has 120 valence electrons. The van der Waals surface area contributed by atoms with Crippen LogP contribution in [0.1, 0.15) is 23.2 Å². The highest BCUT2D eigenvalue weighted by Crippen LogP contribution is 2.19. The first-order valence-corrected chi connectivity index (χ1v) is 7.93. The Morgan fingerprint density at radius 1 is 1.09 bits per heavy atom. The van der Waals surface area contributed by atoms with Crippen molar-refractivity contribution in [3.63, 3.8) is 0 Å². The molecule has 1 N–H and O–H groups in total. The van der Waals surface area contributed by atoms with E-state index in [1.165, 1.54) is 12.8 Å². The van der Waals surface area contributed by atoms with E-state index < -0.39 is 0 Å². The minimum atomic E-state index is -0.119. The van der Waals surface area contributed by atoms with Gasteiger partial charge in [0.25, 0.3) is 5.91 Å². The quantitative estimate of drug-likeness (QED) is 0.943. The van der Waals surface area contributed by atoms with Crippen LogP contribution >= 0.6 is 0 Å². The van der Waals surface area contributed by atoms with E-state index in [-0.39, 0.29) is 5.91 Å². The van der Waals surface area contributed by atoms with Crippen LogP contribution in [0.4, 0.5) is 17.2 Å². The molecule has 0 unspecified atom stereocenters. The lowest BCUT2D eigenvalue weighted by Crippen LogP contribution is -2.19. The Kier molecular flexibility index (Phi) is 4.46. The Hall–Kier alpha value is -2.56. The Labute approximate surface area is 136 Å². The van der Waals surface area contributed by atoms with Gasteiger partial charge in [-0.1, -0.05) is 0 Å². The predicted octanol–water partition coefficient (Wildman–Crippen LogP) is 3.00. The van der Waals surface area contributed by atoms with Crippen LogP contribution < -0.4 is 15.1 Å². The van der Waals surface area contributed by atoms with Crippen molar-refractivity contribution in [3.8, 4) is 0 Å². The first-order chi connectivity index (χ1) is 11.1. The van der Waals surface area contributed by atoms with Gasteiger partial charge in [-0.15, -0.1) is 0 Å². The maximum Gasteiger partial charge on any atom is 0.255 e. The van der Waals surface area contributed by atoms with E-state index in [4.69, 9.17) is 0 Å². The zero-order valence-electron chi connectivity index (χ0n) is 13.6. The molecule has 0 aliphatic carbocycles. The van der Waals surface area contributed by atoms with Crippen LogP contribution in [-0.2, 0) is 0 Å². The minimum absolute atomic E-state index is 0.119. The van der Waals surface area contributed by atoms with Crippen molar-refractivity contribution in [1.82, 2.24) is 4.98 Å². The number of aromatic nitrogens is 1. The van der Waals surface area contributed by atoms with Crippen molar-refractivity contribution < 1.29 is 4.79 Å². The van der Waals surface area contributed by atoms with E-state index >= 15 is 0 Å². The number of pyridine rings is 1. The third-order valence-electron chi connectivity index (χ3n) is 4.08. The number of rotatable bonds is 4. The van der Waals surface area contributed by atoms with E-state index in [1.54, 1.807) is 6.20 Å². The van der Waals surface area contributed by atoms with E-state index in [0.717, 1.165) is 30.3 Å². The molecule has 0 atom stereocenters. The van der Waals surface area contributed by atoms with E-state index in [1.807, 2.05) is 55.4 Å². The number of carbonyl (C=O) groups excluding carboxylic acids is 1. The molecule has 1 fully saturated rings. The van der Waals surface area contributed by atoms with Gasteiger partial charge in [-0.05, 0) is 49.2 Å². The van der Waals surface area contributed by atoms with Gasteiger partial charge in [-0.2, -0.15) is 0 Å². The molecule has 0 saturated carbocycles. The molecule has 0 radical (unpaired) electrons. The largest absolute Gasteiger partial charge is 0.378 e. The zero-order valence-corrected chi connectivity index (χ0v) is 13.6. The fourth-order valence-corrected chi connectivity index (χ4v) is 2.71. The molecule has 2 heterocycles. The van der Waals surface area contributed by atoms with Gasteiger partial charge in [-0.3, -0.25) is 4.79 Å². The molecule has 0 spiro atoms. The monoisotopic (exact) mass is 310 g/mol. The van der Waals surface area contributed by atoms with Crippen molar-refractivity contribution in [2.24, 2.45) is 0 Å². The molecular weight excluding hydrogens is 288 g/mol. The Balaban J connectivity index is 1.65. The summed E-state index contributed by atoms with van der Waals surface area (Å²) in [4.78, 5) is 21.0. The fraction of sp³-hybridized carbons (Fsp3) is 0.333. The van der Waals surface area contributed by atoms with Gasteiger partial charge < -0.3 is 15.1 Å². The highest BCUT2D eigenvalue weighted by molar-refractivity contribution is 6.04. The summed E-state index contributed by atoms with van der Waals surface area (Å²) in [5, 5.41) is 2.89. The highest BCUT2D eigenvalue weighted by Gasteiger charge is 2.13. The zero-order chi connectivity index (χ0) is 16.2. The molecule has 1 aromatic carbocycles. The van der Waals surface area contributed by atoms with Gasteiger partial charge in [0.1, 0.15) is 5.82 Å². The van der Waals surface area contributed by atoms with Crippen molar-refractivity contribution >= 4 is 23.1 Å². The summed E-state index contributed by atoms with van der Waals surface area (Å²) in [5.41, 5.74) is 2.42. The lowest BCUT2D eigenvalue weighted by molar-refractivity contribution is 0.102. The van der Waals surface area contributed by atoms with Crippen LogP contribution in [-0.4, -0.2) is 38.1 Å². The molecule has 5 heteroatoms. The van der Waals surface area contributed by atoms with E-state index in [0.29, 0.717) is 5.56 Å². The summed E-state index contributed by atoms with van der Waals surface area (Å²) in [5.74, 6) is 0.863. The van der Waals surface area contributed by atoms with Crippen LogP contribution in [0, 0.1) is 0 Å². The smallest absolute Gasteiger partial charge is 0.255 e. The van der Waals surface area contributed by atoms with E-state index in [9.17, 15) is 4.79 Å². The number of benzene rings is 1. The second-order valence-electron chi connectivity index (χ2n) is 5.99. The second-order valence-corrected chi connectivity index (χ2v) is 5.99. The average molecular weight is 310 g/mol. The first-order valence-electron chi connectivity index (χ1n) is 7.93. The minimum Gasteiger partial charge on any atom is -0.378 e. The summed E-state index contributed by atoms with van der Waals surface area (Å²) in [6, 6.07) is 11.4. The summed E-state index contributed by atoms with van der Waals surface area (Å²) in [6.45, 7) is 2.13. The molecule has 1 amide bonds. The van der Waals surface area contributed by atoms with Gasteiger partial charge in [-0.25, -0.2) is 4.98 Å². The topological polar surface area (TPSA) is 48.5 Å². The Bertz CT molecular complexity index is 658. The lowest BCUT2D eigenvalue weighted by atomic mass is 10.2. The molecule has 1 aliphatic rings. The van der Waals surface area contributed by atoms with Gasteiger partial charge in [0.15, 0.2) is 0 Å². The number of hydrogen-bond acceptors (Lipinski definition) is 4. The van der Waals surface area contributed by atoms with Crippen molar-refractivity contribution in [1.29, 1.82) is 0 Å². The molecular formula is C18H22N4O. The summed E-state index contributed by atoms with van der Waals surface area (Å²) >= 11 is 0. The second kappa shape index (κ2) is 6.69. The number of nitrogens with one attached hydrogen (secondary N) is 1. The van der Waals surface area contributed by atoms with Gasteiger partial charge in [0.05, 0.1) is 11.9 Å². The van der Waals surface area contributed by atoms with Crippen LogP contribution in [0.25, 0.3) is 0 Å². The van der Waals surface area contributed by atoms with Gasteiger partial charge in [0.2, 0.25) is 0 Å². The van der Waals surface area contributed by atoms with Crippen LogP contribution in [0.2, 0.25) is 0 Å². The maximum atomic E-state index is 12.3. The van der Waals surface area contributed by atoms with Gasteiger partial charge in [0, 0.05) is 38.4 Å². The molecule has 1 aliphatic heterocycles. The number of amides is 1. The van der Waals surface area contributed by atoms with Crippen LogP contribution in [0.5, 0.6) is 0 Å².